The second-order valence-electron chi connectivity index (χ2n) is 3.92. The summed E-state index contributed by atoms with van der Waals surface area (Å²) in [6.07, 6.45) is 2.57. The largest absolute Gasteiger partial charge is 0.301 e. The van der Waals surface area contributed by atoms with Gasteiger partial charge in [0.2, 0.25) is 0 Å². The molecule has 2 rings (SSSR count). The highest BCUT2D eigenvalue weighted by atomic mass is 35.5. The van der Waals surface area contributed by atoms with E-state index in [-0.39, 0.29) is 0 Å². The first-order valence-electron chi connectivity index (χ1n) is 5.44. The first-order valence-corrected chi connectivity index (χ1v) is 5.82. The van der Waals surface area contributed by atoms with Gasteiger partial charge in [-0.1, -0.05) is 23.7 Å². The summed E-state index contributed by atoms with van der Waals surface area (Å²) in [5.41, 5.74) is 4.38. The van der Waals surface area contributed by atoms with Crippen molar-refractivity contribution in [3.8, 4) is 0 Å². The first-order chi connectivity index (χ1) is 7.31. The van der Waals surface area contributed by atoms with E-state index in [2.05, 4.69) is 17.6 Å². The van der Waals surface area contributed by atoms with E-state index >= 15 is 0 Å². The lowest BCUT2D eigenvalue weighted by Gasteiger charge is -2.17. The number of rotatable bonds is 5. The van der Waals surface area contributed by atoms with Crippen molar-refractivity contribution in [2.24, 2.45) is 5.92 Å². The summed E-state index contributed by atoms with van der Waals surface area (Å²) in [5, 5.41) is 0.782. The molecule has 1 aromatic rings. The second-order valence-corrected chi connectivity index (χ2v) is 4.35. The summed E-state index contributed by atoms with van der Waals surface area (Å²) >= 11 is 5.86. The average Bonchev–Trinajstić information content (AvgIpc) is 3.05. The van der Waals surface area contributed by atoms with E-state index in [0.29, 0.717) is 12.6 Å². The number of halogens is 1. The molecule has 0 amide bonds. The van der Waals surface area contributed by atoms with Gasteiger partial charge in [0.1, 0.15) is 0 Å². The molecule has 1 aliphatic rings. The van der Waals surface area contributed by atoms with Crippen LogP contribution in [0.25, 0.3) is 0 Å². The molecule has 3 heteroatoms. The molecule has 15 heavy (non-hydrogen) atoms. The quantitative estimate of drug-likeness (QED) is 0.777. The van der Waals surface area contributed by atoms with Gasteiger partial charge in [-0.3, -0.25) is 0 Å². The van der Waals surface area contributed by atoms with Crippen LogP contribution >= 0.6 is 11.6 Å². The molecule has 1 aliphatic carbocycles. The van der Waals surface area contributed by atoms with Gasteiger partial charge in [-0.15, -0.1) is 0 Å². The molecule has 82 valence electrons. The van der Waals surface area contributed by atoms with E-state index in [9.17, 15) is 0 Å². The van der Waals surface area contributed by atoms with Crippen molar-refractivity contribution in [2.45, 2.75) is 25.8 Å². The SMILES string of the molecule is CCONC(c1ccc(Cl)cc1)C1CC1. The fourth-order valence-electron chi connectivity index (χ4n) is 1.71. The van der Waals surface area contributed by atoms with Crippen molar-refractivity contribution in [1.29, 1.82) is 0 Å². The van der Waals surface area contributed by atoms with E-state index in [4.69, 9.17) is 16.4 Å². The number of hydrogen-bond donors (Lipinski definition) is 1. The van der Waals surface area contributed by atoms with Crippen LogP contribution in [-0.4, -0.2) is 6.61 Å². The van der Waals surface area contributed by atoms with Crippen molar-refractivity contribution in [2.75, 3.05) is 6.61 Å². The first kappa shape index (κ1) is 10.9. The van der Waals surface area contributed by atoms with Crippen molar-refractivity contribution in [3.63, 3.8) is 0 Å². The van der Waals surface area contributed by atoms with Crippen LogP contribution in [0.1, 0.15) is 31.4 Å². The van der Waals surface area contributed by atoms with Crippen LogP contribution < -0.4 is 5.48 Å². The molecule has 0 aromatic heterocycles. The molecule has 0 aliphatic heterocycles. The Morgan fingerprint density at radius 3 is 2.60 bits per heavy atom. The van der Waals surface area contributed by atoms with Crippen molar-refractivity contribution >= 4 is 11.6 Å². The van der Waals surface area contributed by atoms with Gasteiger partial charge in [0.05, 0.1) is 12.6 Å². The summed E-state index contributed by atoms with van der Waals surface area (Å²) < 4.78 is 0. The Morgan fingerprint density at radius 1 is 1.40 bits per heavy atom. The third kappa shape index (κ3) is 2.94. The summed E-state index contributed by atoms with van der Waals surface area (Å²) in [6, 6.07) is 8.32. The lowest BCUT2D eigenvalue weighted by Crippen LogP contribution is -2.23. The Hall–Kier alpha value is -0.570. The van der Waals surface area contributed by atoms with Crippen LogP contribution in [0.15, 0.2) is 24.3 Å². The standard InChI is InChI=1S/C12H16ClNO/c1-2-15-14-12(9-3-4-9)10-5-7-11(13)8-6-10/h5-9,12,14H,2-4H2,1H3. The van der Waals surface area contributed by atoms with E-state index in [1.54, 1.807) is 0 Å². The fourth-order valence-corrected chi connectivity index (χ4v) is 1.84. The Balaban J connectivity index is 2.06. The minimum absolute atomic E-state index is 0.321. The molecule has 2 nitrogen and oxygen atoms in total. The van der Waals surface area contributed by atoms with Crippen LogP contribution in [0.4, 0.5) is 0 Å². The van der Waals surface area contributed by atoms with E-state index in [0.717, 1.165) is 10.9 Å². The molecule has 0 heterocycles. The minimum atomic E-state index is 0.321. The molecule has 0 spiro atoms. The van der Waals surface area contributed by atoms with Crippen LogP contribution in [-0.2, 0) is 4.84 Å². The Kier molecular flexibility index (Phi) is 3.62. The van der Waals surface area contributed by atoms with Crippen LogP contribution in [0, 0.1) is 5.92 Å². The Morgan fingerprint density at radius 2 is 2.07 bits per heavy atom. The van der Waals surface area contributed by atoms with Gasteiger partial charge in [0.25, 0.3) is 0 Å². The highest BCUT2D eigenvalue weighted by Crippen LogP contribution is 2.41. The number of hydroxylamine groups is 1. The predicted octanol–water partition coefficient (Wildman–Crippen LogP) is 3.33. The second kappa shape index (κ2) is 4.97. The molecule has 1 unspecified atom stereocenters. The van der Waals surface area contributed by atoms with Gasteiger partial charge in [-0.2, -0.15) is 5.48 Å². The topological polar surface area (TPSA) is 21.3 Å². The third-order valence-electron chi connectivity index (χ3n) is 2.68. The van der Waals surface area contributed by atoms with Crippen LogP contribution in [0.3, 0.4) is 0 Å². The smallest absolute Gasteiger partial charge is 0.0654 e. The van der Waals surface area contributed by atoms with Gasteiger partial charge in [-0.05, 0) is 43.4 Å². The fraction of sp³-hybridized carbons (Fsp3) is 0.500. The molecule has 0 bridgehead atoms. The highest BCUT2D eigenvalue weighted by Gasteiger charge is 2.32. The molecule has 1 saturated carbocycles. The molecule has 1 N–H and O–H groups in total. The van der Waals surface area contributed by atoms with Gasteiger partial charge in [-0.25, -0.2) is 0 Å². The molecular weight excluding hydrogens is 210 g/mol. The lowest BCUT2D eigenvalue weighted by atomic mass is 10.0. The number of hydrogen-bond acceptors (Lipinski definition) is 2. The van der Waals surface area contributed by atoms with E-state index < -0.39 is 0 Å². The van der Waals surface area contributed by atoms with E-state index in [1.807, 2.05) is 19.1 Å². The maximum atomic E-state index is 5.86. The molecule has 1 atom stereocenters. The lowest BCUT2D eigenvalue weighted by molar-refractivity contribution is 0.0183. The van der Waals surface area contributed by atoms with Gasteiger partial charge < -0.3 is 4.84 Å². The number of benzene rings is 1. The van der Waals surface area contributed by atoms with Crippen LogP contribution in [0.2, 0.25) is 5.02 Å². The summed E-state index contributed by atoms with van der Waals surface area (Å²) in [4.78, 5) is 5.30. The molecule has 1 aromatic carbocycles. The molecule has 1 fully saturated rings. The highest BCUT2D eigenvalue weighted by molar-refractivity contribution is 6.30. The monoisotopic (exact) mass is 225 g/mol. The normalized spacial score (nSPS) is 17.7. The summed E-state index contributed by atoms with van der Waals surface area (Å²) in [7, 11) is 0. The zero-order valence-electron chi connectivity index (χ0n) is 8.87. The van der Waals surface area contributed by atoms with Crippen molar-refractivity contribution < 1.29 is 4.84 Å². The van der Waals surface area contributed by atoms with E-state index in [1.165, 1.54) is 18.4 Å². The number of nitrogens with one attached hydrogen (secondary N) is 1. The summed E-state index contributed by atoms with van der Waals surface area (Å²) in [5.74, 6) is 0.720. The minimum Gasteiger partial charge on any atom is -0.301 e. The van der Waals surface area contributed by atoms with Gasteiger partial charge >= 0.3 is 0 Å². The molecule has 0 saturated heterocycles. The Labute approximate surface area is 95.5 Å². The van der Waals surface area contributed by atoms with Gasteiger partial charge in [0, 0.05) is 5.02 Å². The van der Waals surface area contributed by atoms with Crippen molar-refractivity contribution in [1.82, 2.24) is 5.48 Å². The summed E-state index contributed by atoms with van der Waals surface area (Å²) in [6.45, 7) is 2.68. The van der Waals surface area contributed by atoms with Crippen molar-refractivity contribution in [3.05, 3.63) is 34.9 Å². The predicted molar refractivity (Wildman–Crippen MR) is 61.7 cm³/mol. The third-order valence-corrected chi connectivity index (χ3v) is 2.93. The van der Waals surface area contributed by atoms with Gasteiger partial charge in [0.15, 0.2) is 0 Å². The average molecular weight is 226 g/mol. The Bertz CT molecular complexity index is 308. The maximum Gasteiger partial charge on any atom is 0.0654 e. The van der Waals surface area contributed by atoms with Crippen LogP contribution in [0.5, 0.6) is 0 Å². The zero-order valence-corrected chi connectivity index (χ0v) is 9.63. The maximum absolute atomic E-state index is 5.86. The molecule has 0 radical (unpaired) electrons. The molecular formula is C12H16ClNO. The zero-order chi connectivity index (χ0) is 10.7.